The van der Waals surface area contributed by atoms with E-state index in [4.69, 9.17) is 9.84 Å². The number of aliphatic carboxylic acids is 1. The van der Waals surface area contributed by atoms with Gasteiger partial charge in [-0.3, -0.25) is 4.79 Å². The summed E-state index contributed by atoms with van der Waals surface area (Å²) < 4.78 is 18.6. The van der Waals surface area contributed by atoms with Gasteiger partial charge in [-0.05, 0) is 31.5 Å². The predicted molar refractivity (Wildman–Crippen MR) is 56.0 cm³/mol. The van der Waals surface area contributed by atoms with Crippen molar-refractivity contribution in [2.24, 2.45) is 0 Å². The van der Waals surface area contributed by atoms with Gasteiger partial charge in [0.1, 0.15) is 17.2 Å². The number of carboxylic acid groups (broad SMARTS) is 1. The Labute approximate surface area is 92.9 Å². The molecule has 0 radical (unpaired) electrons. The number of hydrogen-bond acceptors (Lipinski definition) is 2. The van der Waals surface area contributed by atoms with Crippen LogP contribution in [0.1, 0.15) is 25.3 Å². The SMILES string of the molecule is CC1(CCC(=O)O)Cc2cc(F)ccc2O1. The van der Waals surface area contributed by atoms with Gasteiger partial charge in [0.2, 0.25) is 0 Å². The van der Waals surface area contributed by atoms with E-state index in [1.165, 1.54) is 12.1 Å². The van der Waals surface area contributed by atoms with E-state index in [2.05, 4.69) is 0 Å². The second-order valence-electron chi connectivity index (χ2n) is 4.37. The zero-order valence-corrected chi connectivity index (χ0v) is 9.00. The molecule has 0 spiro atoms. The minimum atomic E-state index is -0.841. The largest absolute Gasteiger partial charge is 0.487 e. The minimum absolute atomic E-state index is 0.0625. The highest BCUT2D eigenvalue weighted by atomic mass is 19.1. The van der Waals surface area contributed by atoms with Crippen LogP contribution >= 0.6 is 0 Å². The molecule has 1 aliphatic rings. The lowest BCUT2D eigenvalue weighted by molar-refractivity contribution is -0.138. The Bertz CT molecular complexity index is 430. The van der Waals surface area contributed by atoms with Crippen LogP contribution in [0.25, 0.3) is 0 Å². The number of ether oxygens (including phenoxy) is 1. The Morgan fingerprint density at radius 3 is 3.06 bits per heavy atom. The van der Waals surface area contributed by atoms with Crippen LogP contribution in [0, 0.1) is 5.82 Å². The average molecular weight is 224 g/mol. The fourth-order valence-electron chi connectivity index (χ4n) is 2.00. The Balaban J connectivity index is 2.11. The molecular weight excluding hydrogens is 211 g/mol. The Morgan fingerprint density at radius 2 is 2.38 bits per heavy atom. The molecule has 86 valence electrons. The Morgan fingerprint density at radius 1 is 1.62 bits per heavy atom. The first-order valence-corrected chi connectivity index (χ1v) is 5.18. The maximum atomic E-state index is 13.0. The van der Waals surface area contributed by atoms with Crippen molar-refractivity contribution < 1.29 is 19.0 Å². The van der Waals surface area contributed by atoms with Gasteiger partial charge in [-0.25, -0.2) is 4.39 Å². The number of fused-ring (bicyclic) bond motifs is 1. The minimum Gasteiger partial charge on any atom is -0.487 e. The summed E-state index contributed by atoms with van der Waals surface area (Å²) >= 11 is 0. The van der Waals surface area contributed by atoms with E-state index in [0.717, 1.165) is 5.56 Å². The number of carboxylic acids is 1. The van der Waals surface area contributed by atoms with Crippen molar-refractivity contribution in [3.63, 3.8) is 0 Å². The van der Waals surface area contributed by atoms with Crippen molar-refractivity contribution in [3.05, 3.63) is 29.6 Å². The maximum absolute atomic E-state index is 13.0. The highest BCUT2D eigenvalue weighted by Gasteiger charge is 2.35. The zero-order chi connectivity index (χ0) is 11.8. The molecule has 0 aromatic heterocycles. The van der Waals surface area contributed by atoms with Gasteiger partial charge >= 0.3 is 5.97 Å². The van der Waals surface area contributed by atoms with E-state index in [9.17, 15) is 9.18 Å². The van der Waals surface area contributed by atoms with Crippen molar-refractivity contribution in [1.29, 1.82) is 0 Å². The van der Waals surface area contributed by atoms with E-state index < -0.39 is 11.6 Å². The molecule has 1 unspecified atom stereocenters. The average Bonchev–Trinajstić information content (AvgIpc) is 2.51. The molecular formula is C12H13FO3. The van der Waals surface area contributed by atoms with Crippen molar-refractivity contribution in [2.45, 2.75) is 31.8 Å². The summed E-state index contributed by atoms with van der Waals surface area (Å²) in [7, 11) is 0. The molecule has 0 fully saturated rings. The van der Waals surface area contributed by atoms with Gasteiger partial charge in [-0.2, -0.15) is 0 Å². The summed E-state index contributed by atoms with van der Waals surface area (Å²) in [5, 5.41) is 8.63. The highest BCUT2D eigenvalue weighted by molar-refractivity contribution is 5.66. The first-order valence-electron chi connectivity index (χ1n) is 5.18. The van der Waals surface area contributed by atoms with Gasteiger partial charge in [0.05, 0.1) is 0 Å². The molecule has 4 heteroatoms. The van der Waals surface area contributed by atoms with Crippen LogP contribution in [0.5, 0.6) is 5.75 Å². The van der Waals surface area contributed by atoms with Gasteiger partial charge in [0, 0.05) is 18.4 Å². The zero-order valence-electron chi connectivity index (χ0n) is 9.00. The normalized spacial score (nSPS) is 22.6. The third-order valence-electron chi connectivity index (χ3n) is 2.81. The fourth-order valence-corrected chi connectivity index (χ4v) is 2.00. The Kier molecular flexibility index (Phi) is 2.58. The van der Waals surface area contributed by atoms with Crippen molar-refractivity contribution in [2.75, 3.05) is 0 Å². The van der Waals surface area contributed by atoms with E-state index in [1.807, 2.05) is 6.92 Å². The predicted octanol–water partition coefficient (Wildman–Crippen LogP) is 2.38. The second-order valence-corrected chi connectivity index (χ2v) is 4.37. The van der Waals surface area contributed by atoms with Crippen LogP contribution < -0.4 is 4.74 Å². The molecule has 2 rings (SSSR count). The molecule has 1 heterocycles. The van der Waals surface area contributed by atoms with Crippen molar-refractivity contribution in [1.82, 2.24) is 0 Å². The molecule has 1 aromatic rings. The summed E-state index contributed by atoms with van der Waals surface area (Å²) in [6, 6.07) is 4.39. The van der Waals surface area contributed by atoms with Gasteiger partial charge in [-0.15, -0.1) is 0 Å². The van der Waals surface area contributed by atoms with Crippen LogP contribution in [0.15, 0.2) is 18.2 Å². The lowest BCUT2D eigenvalue weighted by Crippen LogP contribution is -2.30. The monoisotopic (exact) mass is 224 g/mol. The molecule has 3 nitrogen and oxygen atoms in total. The molecule has 1 atom stereocenters. The first-order chi connectivity index (χ1) is 7.48. The second kappa shape index (κ2) is 3.77. The number of carbonyl (C=O) groups is 1. The number of halogens is 1. The summed E-state index contributed by atoms with van der Waals surface area (Å²) in [5.74, 6) is -0.467. The van der Waals surface area contributed by atoms with Crippen LogP contribution in [0.2, 0.25) is 0 Å². The third-order valence-corrected chi connectivity index (χ3v) is 2.81. The van der Waals surface area contributed by atoms with Crippen LogP contribution in [0.3, 0.4) is 0 Å². The van der Waals surface area contributed by atoms with Gasteiger partial charge in [-0.1, -0.05) is 0 Å². The van der Waals surface area contributed by atoms with Crippen LogP contribution in [-0.4, -0.2) is 16.7 Å². The third kappa shape index (κ3) is 2.15. The maximum Gasteiger partial charge on any atom is 0.303 e. The van der Waals surface area contributed by atoms with E-state index >= 15 is 0 Å². The molecule has 0 saturated heterocycles. The quantitative estimate of drug-likeness (QED) is 0.857. The standard InChI is InChI=1S/C12H13FO3/c1-12(5-4-11(14)15)7-8-6-9(13)2-3-10(8)16-12/h2-3,6H,4-5,7H2,1H3,(H,14,15). The number of rotatable bonds is 3. The van der Waals surface area contributed by atoms with Gasteiger partial charge in [0.15, 0.2) is 0 Å². The first kappa shape index (κ1) is 10.9. The molecule has 1 N–H and O–H groups in total. The summed E-state index contributed by atoms with van der Waals surface area (Å²) in [5.41, 5.74) is 0.294. The van der Waals surface area contributed by atoms with Crippen molar-refractivity contribution >= 4 is 5.97 Å². The van der Waals surface area contributed by atoms with Crippen LogP contribution in [0.4, 0.5) is 4.39 Å². The molecule has 1 aromatic carbocycles. The van der Waals surface area contributed by atoms with Gasteiger partial charge < -0.3 is 9.84 Å². The lowest BCUT2D eigenvalue weighted by atomic mass is 9.94. The summed E-state index contributed by atoms with van der Waals surface area (Å²) in [6.07, 6.45) is 1.05. The molecule has 16 heavy (non-hydrogen) atoms. The number of benzene rings is 1. The molecule has 0 bridgehead atoms. The van der Waals surface area contributed by atoms with Gasteiger partial charge in [0.25, 0.3) is 0 Å². The Hall–Kier alpha value is -1.58. The number of hydrogen-bond donors (Lipinski definition) is 1. The van der Waals surface area contributed by atoms with E-state index in [0.29, 0.717) is 18.6 Å². The summed E-state index contributed by atoms with van der Waals surface area (Å²) in [4.78, 5) is 10.5. The van der Waals surface area contributed by atoms with E-state index in [1.54, 1.807) is 6.07 Å². The van der Waals surface area contributed by atoms with E-state index in [-0.39, 0.29) is 12.2 Å². The topological polar surface area (TPSA) is 46.5 Å². The lowest BCUT2D eigenvalue weighted by Gasteiger charge is -2.22. The molecule has 1 aliphatic heterocycles. The highest BCUT2D eigenvalue weighted by Crippen LogP contribution is 2.37. The fraction of sp³-hybridized carbons (Fsp3) is 0.417. The molecule has 0 amide bonds. The smallest absolute Gasteiger partial charge is 0.303 e. The molecule has 0 saturated carbocycles. The summed E-state index contributed by atoms with van der Waals surface area (Å²) in [6.45, 7) is 1.86. The molecule has 0 aliphatic carbocycles. The van der Waals surface area contributed by atoms with Crippen LogP contribution in [-0.2, 0) is 11.2 Å². The van der Waals surface area contributed by atoms with Crippen molar-refractivity contribution in [3.8, 4) is 5.75 Å².